The van der Waals surface area contributed by atoms with E-state index in [4.69, 9.17) is 0 Å². The molecule has 0 spiro atoms. The van der Waals surface area contributed by atoms with Crippen molar-refractivity contribution in [2.45, 2.75) is 33.1 Å². The first kappa shape index (κ1) is 18.9. The Kier molecular flexibility index (Phi) is 10.5. The molecular weight excluding hydrogens is 276 g/mol. The molecule has 0 aromatic rings. The molecule has 120 valence electrons. The van der Waals surface area contributed by atoms with Crippen LogP contribution >= 0.6 is 0 Å². The van der Waals surface area contributed by atoms with Gasteiger partial charge in [-0.2, -0.15) is 0 Å². The van der Waals surface area contributed by atoms with E-state index in [-0.39, 0.29) is 30.8 Å². The van der Waals surface area contributed by atoms with Gasteiger partial charge in [0.25, 0.3) is 0 Å². The van der Waals surface area contributed by atoms with Crippen molar-refractivity contribution in [1.82, 2.24) is 21.3 Å². The summed E-state index contributed by atoms with van der Waals surface area (Å²) in [5.74, 6) is -1.05. The predicted octanol–water partition coefficient (Wildman–Crippen LogP) is -1.34. The van der Waals surface area contributed by atoms with Gasteiger partial charge in [-0.3, -0.25) is 19.2 Å². The van der Waals surface area contributed by atoms with E-state index in [1.165, 1.54) is 0 Å². The number of rotatable bonds is 10. The first-order valence-electron chi connectivity index (χ1n) is 7.06. The minimum atomic E-state index is -0.428. The largest absolute Gasteiger partial charge is 0.354 e. The fourth-order valence-corrected chi connectivity index (χ4v) is 1.33. The molecule has 0 fully saturated rings. The van der Waals surface area contributed by atoms with E-state index in [0.717, 1.165) is 6.42 Å². The van der Waals surface area contributed by atoms with Crippen molar-refractivity contribution in [2.75, 3.05) is 26.2 Å². The molecule has 0 unspecified atom stereocenters. The molecule has 21 heavy (non-hydrogen) atoms. The van der Waals surface area contributed by atoms with Crippen LogP contribution in [0.15, 0.2) is 0 Å². The quantitative estimate of drug-likeness (QED) is 0.374. The number of carbonyl (C=O) groups is 4. The number of carbonyl (C=O) groups excluding carboxylic acids is 4. The Labute approximate surface area is 124 Å². The summed E-state index contributed by atoms with van der Waals surface area (Å²) in [6.45, 7) is 3.94. The van der Waals surface area contributed by atoms with Gasteiger partial charge in [-0.1, -0.05) is 13.8 Å². The molecule has 0 heterocycles. The molecule has 0 rings (SSSR count). The molecule has 4 amide bonds. The summed E-state index contributed by atoms with van der Waals surface area (Å²) < 4.78 is 0. The molecule has 4 N–H and O–H groups in total. The van der Waals surface area contributed by atoms with Crippen LogP contribution in [-0.4, -0.2) is 49.8 Å². The molecule has 0 bridgehead atoms. The summed E-state index contributed by atoms with van der Waals surface area (Å²) in [5.41, 5.74) is 0. The smallest absolute Gasteiger partial charge is 0.239 e. The normalized spacial score (nSPS) is 9.62. The molecule has 0 saturated carbocycles. The van der Waals surface area contributed by atoms with Crippen molar-refractivity contribution in [2.24, 2.45) is 0 Å². The van der Waals surface area contributed by atoms with E-state index < -0.39 is 5.91 Å². The molecule has 0 aliphatic heterocycles. The van der Waals surface area contributed by atoms with Gasteiger partial charge >= 0.3 is 0 Å². The van der Waals surface area contributed by atoms with Crippen molar-refractivity contribution in [3.05, 3.63) is 0 Å². The lowest BCUT2D eigenvalue weighted by atomic mass is 10.3. The van der Waals surface area contributed by atoms with Gasteiger partial charge in [0.1, 0.15) is 0 Å². The second-order valence-electron chi connectivity index (χ2n) is 4.36. The van der Waals surface area contributed by atoms with Crippen LogP contribution < -0.4 is 21.3 Å². The van der Waals surface area contributed by atoms with Crippen LogP contribution in [0.4, 0.5) is 0 Å². The third-order valence-electron chi connectivity index (χ3n) is 2.46. The maximum atomic E-state index is 11.4. The number of hydrogen-bond donors (Lipinski definition) is 4. The Morgan fingerprint density at radius 3 is 1.67 bits per heavy atom. The molecule has 8 nitrogen and oxygen atoms in total. The topological polar surface area (TPSA) is 116 Å². The molecular formula is C13H24N4O4. The average molecular weight is 300 g/mol. The van der Waals surface area contributed by atoms with Crippen LogP contribution in [0.25, 0.3) is 0 Å². The summed E-state index contributed by atoms with van der Waals surface area (Å²) >= 11 is 0. The predicted molar refractivity (Wildman–Crippen MR) is 77.2 cm³/mol. The zero-order chi connectivity index (χ0) is 16.1. The van der Waals surface area contributed by atoms with Gasteiger partial charge < -0.3 is 21.3 Å². The molecule has 0 radical (unpaired) electrons. The molecule has 0 aliphatic carbocycles. The van der Waals surface area contributed by atoms with Gasteiger partial charge in [0.15, 0.2) is 0 Å². The minimum Gasteiger partial charge on any atom is -0.354 e. The standard InChI is InChI=1S/C13H24N4O4/c1-3-5-11(19)14-6-7-15-12(20)8-17-13(21)9-16-10(18)4-2/h3-9H2,1-2H3,(H,14,19)(H,15,20)(H,16,18)(H,17,21). The summed E-state index contributed by atoms with van der Waals surface area (Å²) in [5, 5.41) is 9.99. The average Bonchev–Trinajstić information content (AvgIpc) is 2.47. The SMILES string of the molecule is CCCC(=O)NCCNC(=O)CNC(=O)CNC(=O)CC. The second-order valence-corrected chi connectivity index (χ2v) is 4.36. The number of amides is 4. The highest BCUT2D eigenvalue weighted by molar-refractivity contribution is 5.88. The molecule has 0 aromatic heterocycles. The first-order valence-corrected chi connectivity index (χ1v) is 7.06. The van der Waals surface area contributed by atoms with Crippen LogP contribution in [0.1, 0.15) is 33.1 Å². The maximum absolute atomic E-state index is 11.4. The Morgan fingerprint density at radius 2 is 1.14 bits per heavy atom. The van der Waals surface area contributed by atoms with Crippen LogP contribution in [0.3, 0.4) is 0 Å². The minimum absolute atomic E-state index is 0.0493. The lowest BCUT2D eigenvalue weighted by molar-refractivity contribution is -0.127. The van der Waals surface area contributed by atoms with E-state index in [2.05, 4.69) is 21.3 Å². The highest BCUT2D eigenvalue weighted by Gasteiger charge is 2.06. The fourth-order valence-electron chi connectivity index (χ4n) is 1.33. The Bertz CT molecular complexity index is 371. The Balaban J connectivity index is 3.60. The van der Waals surface area contributed by atoms with Gasteiger partial charge in [0, 0.05) is 25.9 Å². The van der Waals surface area contributed by atoms with E-state index >= 15 is 0 Å². The maximum Gasteiger partial charge on any atom is 0.239 e. The molecule has 0 saturated heterocycles. The summed E-state index contributed by atoms with van der Waals surface area (Å²) in [7, 11) is 0. The van der Waals surface area contributed by atoms with Crippen LogP contribution in [0.2, 0.25) is 0 Å². The molecule has 0 aromatic carbocycles. The number of nitrogens with one attached hydrogen (secondary N) is 4. The van der Waals surface area contributed by atoms with Crippen LogP contribution in [0.5, 0.6) is 0 Å². The third kappa shape index (κ3) is 11.4. The fraction of sp³-hybridized carbons (Fsp3) is 0.692. The molecule has 0 atom stereocenters. The van der Waals surface area contributed by atoms with Gasteiger partial charge in [-0.15, -0.1) is 0 Å². The van der Waals surface area contributed by atoms with Crippen molar-refractivity contribution in [3.63, 3.8) is 0 Å². The lowest BCUT2D eigenvalue weighted by Gasteiger charge is -2.08. The van der Waals surface area contributed by atoms with Gasteiger partial charge in [0.2, 0.25) is 23.6 Å². The molecule has 0 aliphatic rings. The lowest BCUT2D eigenvalue weighted by Crippen LogP contribution is -2.43. The second kappa shape index (κ2) is 11.7. The van der Waals surface area contributed by atoms with Crippen molar-refractivity contribution < 1.29 is 19.2 Å². The van der Waals surface area contributed by atoms with Crippen molar-refractivity contribution in [3.8, 4) is 0 Å². The van der Waals surface area contributed by atoms with E-state index in [1.807, 2.05) is 6.92 Å². The van der Waals surface area contributed by atoms with Crippen LogP contribution in [-0.2, 0) is 19.2 Å². The van der Waals surface area contributed by atoms with Gasteiger partial charge in [-0.05, 0) is 6.42 Å². The zero-order valence-electron chi connectivity index (χ0n) is 12.6. The Morgan fingerprint density at radius 1 is 0.667 bits per heavy atom. The summed E-state index contributed by atoms with van der Waals surface area (Å²) in [4.78, 5) is 44.7. The third-order valence-corrected chi connectivity index (χ3v) is 2.46. The summed E-state index contributed by atoms with van der Waals surface area (Å²) in [6, 6.07) is 0. The summed E-state index contributed by atoms with van der Waals surface area (Å²) in [6.07, 6.45) is 1.55. The highest BCUT2D eigenvalue weighted by atomic mass is 16.2. The van der Waals surface area contributed by atoms with Gasteiger partial charge in [-0.25, -0.2) is 0 Å². The Hall–Kier alpha value is -2.12. The first-order chi connectivity index (χ1) is 9.99. The van der Waals surface area contributed by atoms with E-state index in [9.17, 15) is 19.2 Å². The van der Waals surface area contributed by atoms with E-state index in [1.54, 1.807) is 6.92 Å². The zero-order valence-corrected chi connectivity index (χ0v) is 12.6. The van der Waals surface area contributed by atoms with E-state index in [0.29, 0.717) is 25.9 Å². The van der Waals surface area contributed by atoms with Crippen LogP contribution in [0, 0.1) is 0 Å². The van der Waals surface area contributed by atoms with Crippen molar-refractivity contribution in [1.29, 1.82) is 0 Å². The number of hydrogen-bond acceptors (Lipinski definition) is 4. The van der Waals surface area contributed by atoms with Crippen molar-refractivity contribution >= 4 is 23.6 Å². The molecule has 8 heteroatoms. The monoisotopic (exact) mass is 300 g/mol. The van der Waals surface area contributed by atoms with Gasteiger partial charge in [0.05, 0.1) is 13.1 Å². The highest BCUT2D eigenvalue weighted by Crippen LogP contribution is 1.84.